The maximum atomic E-state index is 13.8. The zero-order valence-corrected chi connectivity index (χ0v) is 14.8. The van der Waals surface area contributed by atoms with Crippen molar-refractivity contribution in [2.75, 3.05) is 6.54 Å². The number of thiazole rings is 1. The number of aromatic amines is 1. The zero-order valence-electron chi connectivity index (χ0n) is 14.0. The average molecular weight is 374 g/mol. The first-order valence-corrected chi connectivity index (χ1v) is 9.29. The molecular weight excluding hydrogens is 358 g/mol. The number of nitrogens with one attached hydrogen (secondary N) is 1. The number of halogens is 2. The van der Waals surface area contributed by atoms with Gasteiger partial charge in [-0.15, -0.1) is 11.3 Å². The summed E-state index contributed by atoms with van der Waals surface area (Å²) in [6, 6.07) is 7.18. The maximum absolute atomic E-state index is 13.8. The van der Waals surface area contributed by atoms with Gasteiger partial charge < -0.3 is 9.88 Å². The standard InChI is InChI=1S/C18H16F2N4OS/c1-17(8-18(17,19)20)16(25)24-7-6-11-13(22-9-21-11)14(24)15-23-10-4-2-3-5-12(10)26-15/h2-5,9,14H,6-8H2,1H3,(H,21,22)/t14-,17?/m0/s1. The van der Waals surface area contributed by atoms with Crippen molar-refractivity contribution in [3.8, 4) is 0 Å². The van der Waals surface area contributed by atoms with Crippen molar-refractivity contribution in [3.05, 3.63) is 47.0 Å². The van der Waals surface area contributed by atoms with Crippen molar-refractivity contribution >= 4 is 27.5 Å². The fourth-order valence-corrected chi connectivity index (χ4v) is 4.79. The van der Waals surface area contributed by atoms with E-state index < -0.39 is 29.7 Å². The molecule has 1 fully saturated rings. The van der Waals surface area contributed by atoms with Crippen LogP contribution in [0, 0.1) is 5.41 Å². The molecule has 2 atom stereocenters. The highest BCUT2D eigenvalue weighted by Crippen LogP contribution is 2.61. The molecule has 1 N–H and O–H groups in total. The summed E-state index contributed by atoms with van der Waals surface area (Å²) < 4.78 is 28.7. The second kappa shape index (κ2) is 5.09. The van der Waals surface area contributed by atoms with Gasteiger partial charge in [0, 0.05) is 25.1 Å². The Morgan fingerprint density at radius 2 is 2.15 bits per heavy atom. The molecule has 1 aromatic carbocycles. The predicted molar refractivity (Wildman–Crippen MR) is 93.1 cm³/mol. The average Bonchev–Trinajstić information content (AvgIpc) is 3.05. The lowest BCUT2D eigenvalue weighted by Gasteiger charge is -2.35. The Balaban J connectivity index is 1.62. The van der Waals surface area contributed by atoms with Crippen LogP contribution in [0.1, 0.15) is 35.8 Å². The number of fused-ring (bicyclic) bond motifs is 2. The summed E-state index contributed by atoms with van der Waals surface area (Å²) in [6.07, 6.45) is 1.77. The highest BCUT2D eigenvalue weighted by Gasteiger charge is 2.73. The van der Waals surface area contributed by atoms with Crippen molar-refractivity contribution in [2.24, 2.45) is 5.41 Å². The number of carbonyl (C=O) groups excluding carboxylic acids is 1. The van der Waals surface area contributed by atoms with E-state index in [0.29, 0.717) is 23.7 Å². The van der Waals surface area contributed by atoms with Gasteiger partial charge in [0.1, 0.15) is 16.5 Å². The molecule has 5 nitrogen and oxygen atoms in total. The summed E-state index contributed by atoms with van der Waals surface area (Å²) in [4.78, 5) is 26.7. The first-order valence-electron chi connectivity index (χ1n) is 8.47. The van der Waals surface area contributed by atoms with Crippen LogP contribution in [-0.4, -0.2) is 38.2 Å². The minimum absolute atomic E-state index is 0.375. The number of amides is 1. The third kappa shape index (κ3) is 2.08. The maximum Gasteiger partial charge on any atom is 0.263 e. The molecule has 0 bridgehead atoms. The van der Waals surface area contributed by atoms with Crippen LogP contribution in [0.2, 0.25) is 0 Å². The molecule has 5 rings (SSSR count). The van der Waals surface area contributed by atoms with E-state index in [2.05, 4.69) is 15.0 Å². The molecule has 1 saturated carbocycles. The van der Waals surface area contributed by atoms with Gasteiger partial charge in [-0.2, -0.15) is 0 Å². The molecule has 2 aliphatic rings. The molecule has 1 amide bonds. The van der Waals surface area contributed by atoms with Gasteiger partial charge >= 0.3 is 0 Å². The number of rotatable bonds is 2. The highest BCUT2D eigenvalue weighted by molar-refractivity contribution is 7.18. The third-order valence-corrected chi connectivity index (χ3v) is 6.55. The molecule has 3 heterocycles. The molecule has 1 unspecified atom stereocenters. The lowest BCUT2D eigenvalue weighted by molar-refractivity contribution is -0.142. The van der Waals surface area contributed by atoms with E-state index in [9.17, 15) is 13.6 Å². The Bertz CT molecular complexity index is 996. The Morgan fingerprint density at radius 3 is 2.88 bits per heavy atom. The van der Waals surface area contributed by atoms with Crippen LogP contribution < -0.4 is 0 Å². The molecular formula is C18H16F2N4OS. The van der Waals surface area contributed by atoms with E-state index in [4.69, 9.17) is 0 Å². The number of hydrogen-bond acceptors (Lipinski definition) is 4. The van der Waals surface area contributed by atoms with Gasteiger partial charge in [0.25, 0.3) is 5.92 Å². The Morgan fingerprint density at radius 1 is 1.38 bits per heavy atom. The number of nitrogens with zero attached hydrogens (tertiary/aromatic N) is 3. The number of carbonyl (C=O) groups is 1. The second-order valence-electron chi connectivity index (χ2n) is 7.15. The highest BCUT2D eigenvalue weighted by atomic mass is 32.1. The number of benzene rings is 1. The monoisotopic (exact) mass is 374 g/mol. The molecule has 2 aromatic heterocycles. The smallest absolute Gasteiger partial charge is 0.263 e. The predicted octanol–water partition coefficient (Wildman–Crippen LogP) is 3.54. The molecule has 1 aliphatic carbocycles. The first-order chi connectivity index (χ1) is 12.4. The van der Waals surface area contributed by atoms with Crippen LogP contribution in [0.5, 0.6) is 0 Å². The molecule has 0 spiro atoms. The van der Waals surface area contributed by atoms with Crippen LogP contribution >= 0.6 is 11.3 Å². The third-order valence-electron chi connectivity index (χ3n) is 5.46. The van der Waals surface area contributed by atoms with Crippen molar-refractivity contribution in [1.82, 2.24) is 19.9 Å². The van der Waals surface area contributed by atoms with Gasteiger partial charge in [0.15, 0.2) is 0 Å². The van der Waals surface area contributed by atoms with E-state index in [0.717, 1.165) is 15.9 Å². The largest absolute Gasteiger partial charge is 0.348 e. The summed E-state index contributed by atoms with van der Waals surface area (Å²) in [5.41, 5.74) is 0.864. The SMILES string of the molecule is CC1(C(=O)N2CCc3[nH]cnc3[C@H]2c2nc3ccccc3s2)CC1(F)F. The summed E-state index contributed by atoms with van der Waals surface area (Å²) in [5, 5.41) is 0.708. The lowest BCUT2D eigenvalue weighted by Crippen LogP contribution is -2.45. The number of aromatic nitrogens is 3. The van der Waals surface area contributed by atoms with Gasteiger partial charge in [-0.3, -0.25) is 4.79 Å². The topological polar surface area (TPSA) is 61.9 Å². The normalized spacial score (nSPS) is 26.7. The van der Waals surface area contributed by atoms with Gasteiger partial charge in [-0.25, -0.2) is 18.7 Å². The number of imidazole rings is 1. The van der Waals surface area contributed by atoms with E-state index in [1.807, 2.05) is 24.3 Å². The quantitative estimate of drug-likeness (QED) is 0.746. The number of para-hydroxylation sites is 1. The first kappa shape index (κ1) is 15.9. The molecule has 1 aliphatic heterocycles. The van der Waals surface area contributed by atoms with E-state index >= 15 is 0 Å². The number of alkyl halides is 2. The summed E-state index contributed by atoms with van der Waals surface area (Å²) in [6.45, 7) is 1.73. The second-order valence-corrected chi connectivity index (χ2v) is 8.21. The van der Waals surface area contributed by atoms with Gasteiger partial charge in [0.05, 0.1) is 22.2 Å². The lowest BCUT2D eigenvalue weighted by atomic mass is 9.99. The Hall–Kier alpha value is -2.35. The molecule has 3 aromatic rings. The van der Waals surface area contributed by atoms with Crippen LogP contribution in [0.25, 0.3) is 10.2 Å². The van der Waals surface area contributed by atoms with Crippen LogP contribution in [0.4, 0.5) is 8.78 Å². The minimum atomic E-state index is -2.94. The van der Waals surface area contributed by atoms with Gasteiger partial charge in [0.2, 0.25) is 5.91 Å². The fraction of sp³-hybridized carbons (Fsp3) is 0.389. The van der Waals surface area contributed by atoms with E-state index in [1.165, 1.54) is 18.3 Å². The van der Waals surface area contributed by atoms with Crippen LogP contribution in [0.15, 0.2) is 30.6 Å². The molecule has 0 radical (unpaired) electrons. The van der Waals surface area contributed by atoms with E-state index in [-0.39, 0.29) is 0 Å². The molecule has 26 heavy (non-hydrogen) atoms. The van der Waals surface area contributed by atoms with Crippen molar-refractivity contribution in [1.29, 1.82) is 0 Å². The molecule has 0 saturated heterocycles. The minimum Gasteiger partial charge on any atom is -0.348 e. The summed E-state index contributed by atoms with van der Waals surface area (Å²) in [7, 11) is 0. The van der Waals surface area contributed by atoms with Gasteiger partial charge in [-0.1, -0.05) is 12.1 Å². The molecule has 134 valence electrons. The fourth-order valence-electron chi connectivity index (χ4n) is 3.70. The van der Waals surface area contributed by atoms with Crippen molar-refractivity contribution < 1.29 is 13.6 Å². The van der Waals surface area contributed by atoms with Gasteiger partial charge in [-0.05, 0) is 19.1 Å². The summed E-state index contributed by atoms with van der Waals surface area (Å²) >= 11 is 1.48. The molecule has 8 heteroatoms. The van der Waals surface area contributed by atoms with Crippen molar-refractivity contribution in [3.63, 3.8) is 0 Å². The zero-order chi connectivity index (χ0) is 18.1. The number of hydrogen-bond donors (Lipinski definition) is 1. The summed E-state index contributed by atoms with van der Waals surface area (Å²) in [5.74, 6) is -3.45. The Kier molecular flexibility index (Phi) is 3.11. The Labute approximate surface area is 152 Å². The van der Waals surface area contributed by atoms with Crippen molar-refractivity contribution in [2.45, 2.75) is 31.7 Å². The van der Waals surface area contributed by atoms with Crippen LogP contribution in [-0.2, 0) is 11.2 Å². The number of H-pyrrole nitrogens is 1. The van der Waals surface area contributed by atoms with Crippen LogP contribution in [0.3, 0.4) is 0 Å². The van der Waals surface area contributed by atoms with E-state index in [1.54, 1.807) is 11.2 Å².